The number of rotatable bonds is 13. The van der Waals surface area contributed by atoms with E-state index in [1.165, 1.54) is 69.8 Å². The first-order valence-corrected chi connectivity index (χ1v) is 10.8. The molecule has 0 fully saturated rings. The Morgan fingerprint density at radius 1 is 0.846 bits per heavy atom. The Bertz CT molecular complexity index is 534. The molecule has 0 aliphatic heterocycles. The van der Waals surface area contributed by atoms with E-state index in [1.807, 2.05) is 12.1 Å². The van der Waals surface area contributed by atoms with Gasteiger partial charge >= 0.3 is 0 Å². The van der Waals surface area contributed by atoms with Crippen molar-refractivity contribution >= 4 is 5.78 Å². The molecule has 26 heavy (non-hydrogen) atoms. The smallest absolute Gasteiger partial charge is 0.158 e. The van der Waals surface area contributed by atoms with Gasteiger partial charge in [-0.15, -0.1) is 0 Å². The molecule has 1 aromatic rings. The fourth-order valence-electron chi connectivity index (χ4n) is 3.84. The molecule has 1 aliphatic carbocycles. The first kappa shape index (κ1) is 20.7. The van der Waals surface area contributed by atoms with Crippen LogP contribution in [0.1, 0.15) is 95.5 Å². The Morgan fingerprint density at radius 2 is 1.46 bits per heavy atom. The van der Waals surface area contributed by atoms with Gasteiger partial charge in [-0.05, 0) is 24.3 Å². The van der Waals surface area contributed by atoms with Crippen LogP contribution >= 0.6 is 0 Å². The number of unbranched alkanes of at least 4 members (excludes halogenated alkanes) is 9. The van der Waals surface area contributed by atoms with Crippen molar-refractivity contribution < 1.29 is 4.79 Å². The van der Waals surface area contributed by atoms with Gasteiger partial charge in [-0.2, -0.15) is 0 Å². The van der Waals surface area contributed by atoms with Crippen LogP contribution in [0.2, 0.25) is 0 Å². The van der Waals surface area contributed by atoms with Crippen molar-refractivity contribution in [3.8, 4) is 0 Å². The summed E-state index contributed by atoms with van der Waals surface area (Å²) in [4.78, 5) is 12.0. The second kappa shape index (κ2) is 12.7. The van der Waals surface area contributed by atoms with Crippen molar-refractivity contribution in [1.82, 2.24) is 5.32 Å². The Balaban J connectivity index is 1.54. The molecule has 2 heteroatoms. The molecule has 2 rings (SSSR count). The third-order valence-corrected chi connectivity index (χ3v) is 5.40. The third-order valence-electron chi connectivity index (χ3n) is 5.40. The largest absolute Gasteiger partial charge is 0.388 e. The van der Waals surface area contributed by atoms with Crippen LogP contribution in [0.15, 0.2) is 42.1 Å². The highest BCUT2D eigenvalue weighted by molar-refractivity contribution is 5.91. The van der Waals surface area contributed by atoms with E-state index in [-0.39, 0.29) is 5.78 Å². The molecule has 1 atom stereocenters. The van der Waals surface area contributed by atoms with E-state index < -0.39 is 0 Å². The maximum Gasteiger partial charge on any atom is 0.158 e. The van der Waals surface area contributed by atoms with Crippen molar-refractivity contribution in [2.75, 3.05) is 6.54 Å². The second-order valence-corrected chi connectivity index (χ2v) is 7.76. The molecule has 1 aliphatic rings. The van der Waals surface area contributed by atoms with Gasteiger partial charge in [0, 0.05) is 24.7 Å². The SMILES string of the molecule is CCCCCCCCCCCCNC1=CC(=O)CC(c2ccccc2)C1. The number of allylic oxidation sites excluding steroid dienone is 2. The number of hydrogen-bond acceptors (Lipinski definition) is 2. The number of hydrogen-bond donors (Lipinski definition) is 1. The maximum absolute atomic E-state index is 12.0. The van der Waals surface area contributed by atoms with Gasteiger partial charge < -0.3 is 5.32 Å². The van der Waals surface area contributed by atoms with Gasteiger partial charge in [0.1, 0.15) is 0 Å². The summed E-state index contributed by atoms with van der Waals surface area (Å²) in [6, 6.07) is 10.4. The van der Waals surface area contributed by atoms with Gasteiger partial charge in [-0.25, -0.2) is 0 Å². The summed E-state index contributed by atoms with van der Waals surface area (Å²) in [7, 11) is 0. The second-order valence-electron chi connectivity index (χ2n) is 7.76. The minimum Gasteiger partial charge on any atom is -0.388 e. The predicted molar refractivity (Wildman–Crippen MR) is 111 cm³/mol. The summed E-state index contributed by atoms with van der Waals surface area (Å²) in [6.07, 6.45) is 17.0. The molecule has 0 radical (unpaired) electrons. The van der Waals surface area contributed by atoms with Crippen LogP contribution in [-0.2, 0) is 4.79 Å². The molecule has 1 unspecified atom stereocenters. The summed E-state index contributed by atoms with van der Waals surface area (Å²) < 4.78 is 0. The normalized spacial score (nSPS) is 17.2. The predicted octanol–water partition coefficient (Wildman–Crippen LogP) is 6.53. The van der Waals surface area contributed by atoms with E-state index in [9.17, 15) is 4.79 Å². The number of nitrogens with one attached hydrogen (secondary N) is 1. The molecule has 0 heterocycles. The average Bonchev–Trinajstić information content (AvgIpc) is 2.66. The molecule has 2 nitrogen and oxygen atoms in total. The number of carbonyl (C=O) groups is 1. The van der Waals surface area contributed by atoms with Crippen molar-refractivity contribution in [2.24, 2.45) is 0 Å². The minimum absolute atomic E-state index is 0.260. The summed E-state index contributed by atoms with van der Waals surface area (Å²) in [6.45, 7) is 3.27. The number of benzene rings is 1. The highest BCUT2D eigenvalue weighted by atomic mass is 16.1. The van der Waals surface area contributed by atoms with Crippen LogP contribution in [0.5, 0.6) is 0 Å². The molecule has 0 bridgehead atoms. The standard InChI is InChI=1S/C24H37NO/c1-2-3-4-5-6-7-8-9-10-14-17-25-23-18-22(19-24(26)20-23)21-15-12-11-13-16-21/h11-13,15-16,20,22,25H,2-10,14,17-19H2,1H3. The van der Waals surface area contributed by atoms with E-state index in [1.54, 1.807) is 0 Å². The Morgan fingerprint density at radius 3 is 2.12 bits per heavy atom. The monoisotopic (exact) mass is 355 g/mol. The summed E-state index contributed by atoms with van der Waals surface area (Å²) in [5, 5.41) is 3.52. The quantitative estimate of drug-likeness (QED) is 0.408. The minimum atomic E-state index is 0.260. The van der Waals surface area contributed by atoms with E-state index >= 15 is 0 Å². The lowest BCUT2D eigenvalue weighted by Crippen LogP contribution is -2.22. The van der Waals surface area contributed by atoms with Gasteiger partial charge in [0.05, 0.1) is 0 Å². The molecule has 0 spiro atoms. The highest BCUT2D eigenvalue weighted by Crippen LogP contribution is 2.30. The highest BCUT2D eigenvalue weighted by Gasteiger charge is 2.21. The van der Waals surface area contributed by atoms with Gasteiger partial charge in [-0.3, -0.25) is 4.79 Å². The molecule has 1 aromatic carbocycles. The van der Waals surface area contributed by atoms with Crippen molar-refractivity contribution in [1.29, 1.82) is 0 Å². The average molecular weight is 356 g/mol. The van der Waals surface area contributed by atoms with E-state index in [0.29, 0.717) is 12.3 Å². The van der Waals surface area contributed by atoms with Crippen LogP contribution in [0.25, 0.3) is 0 Å². The third kappa shape index (κ3) is 8.21. The van der Waals surface area contributed by atoms with Crippen molar-refractivity contribution in [3.63, 3.8) is 0 Å². The Labute approximate surface area is 160 Å². The van der Waals surface area contributed by atoms with Crippen molar-refractivity contribution in [2.45, 2.75) is 89.9 Å². The van der Waals surface area contributed by atoms with Crippen LogP contribution in [-0.4, -0.2) is 12.3 Å². The first-order valence-electron chi connectivity index (χ1n) is 10.8. The summed E-state index contributed by atoms with van der Waals surface area (Å²) >= 11 is 0. The topological polar surface area (TPSA) is 29.1 Å². The zero-order valence-electron chi connectivity index (χ0n) is 16.6. The van der Waals surface area contributed by atoms with Gasteiger partial charge in [0.15, 0.2) is 5.78 Å². The maximum atomic E-state index is 12.0. The molecular formula is C24H37NO. The summed E-state index contributed by atoms with van der Waals surface area (Å²) in [5.41, 5.74) is 2.42. The van der Waals surface area contributed by atoms with E-state index in [4.69, 9.17) is 0 Å². The Hall–Kier alpha value is -1.57. The Kier molecular flexibility index (Phi) is 10.2. The lowest BCUT2D eigenvalue weighted by atomic mass is 9.85. The fourth-order valence-corrected chi connectivity index (χ4v) is 3.84. The molecule has 0 saturated heterocycles. The van der Waals surface area contributed by atoms with Crippen LogP contribution in [0.3, 0.4) is 0 Å². The zero-order valence-corrected chi connectivity index (χ0v) is 16.6. The molecular weight excluding hydrogens is 318 g/mol. The molecule has 1 N–H and O–H groups in total. The molecule has 0 aromatic heterocycles. The molecule has 0 amide bonds. The fraction of sp³-hybridized carbons (Fsp3) is 0.625. The van der Waals surface area contributed by atoms with Crippen LogP contribution < -0.4 is 5.32 Å². The lowest BCUT2D eigenvalue weighted by Gasteiger charge is -2.23. The van der Waals surface area contributed by atoms with Gasteiger partial charge in [0.2, 0.25) is 0 Å². The van der Waals surface area contributed by atoms with E-state index in [0.717, 1.165) is 18.7 Å². The van der Waals surface area contributed by atoms with Gasteiger partial charge in [0.25, 0.3) is 0 Å². The number of carbonyl (C=O) groups excluding carboxylic acids is 1. The molecule has 0 saturated carbocycles. The summed E-state index contributed by atoms with van der Waals surface area (Å²) in [5.74, 6) is 0.597. The van der Waals surface area contributed by atoms with Crippen LogP contribution in [0.4, 0.5) is 0 Å². The van der Waals surface area contributed by atoms with E-state index in [2.05, 4.69) is 36.5 Å². The number of ketones is 1. The molecule has 144 valence electrons. The lowest BCUT2D eigenvalue weighted by molar-refractivity contribution is -0.115. The van der Waals surface area contributed by atoms with Crippen LogP contribution in [0, 0.1) is 0 Å². The zero-order chi connectivity index (χ0) is 18.5. The van der Waals surface area contributed by atoms with Crippen molar-refractivity contribution in [3.05, 3.63) is 47.7 Å². The van der Waals surface area contributed by atoms with Gasteiger partial charge in [-0.1, -0.05) is 95.0 Å². The first-order chi connectivity index (χ1) is 12.8.